The molecule has 1 atom stereocenters. The average molecular weight is 368 g/mol. The van der Waals surface area contributed by atoms with Crippen LogP contribution in [0.3, 0.4) is 0 Å². The van der Waals surface area contributed by atoms with Crippen LogP contribution < -0.4 is 0 Å². The number of carbonyl (C=O) groups is 2. The molecule has 0 radical (unpaired) electrons. The summed E-state index contributed by atoms with van der Waals surface area (Å²) in [5, 5.41) is 9.19. The maximum absolute atomic E-state index is 14.4. The van der Waals surface area contributed by atoms with Gasteiger partial charge in [-0.05, 0) is 12.8 Å². The maximum atomic E-state index is 14.4. The predicted molar refractivity (Wildman–Crippen MR) is 95.4 cm³/mol. The molecular weight excluding hydrogens is 347 g/mol. The molecule has 0 aromatic carbocycles. The molecular formula is C20H21FN4O2. The molecule has 140 valence electrons. The van der Waals surface area contributed by atoms with E-state index < -0.39 is 17.3 Å². The van der Waals surface area contributed by atoms with Gasteiger partial charge in [-0.2, -0.15) is 5.26 Å². The first-order valence-electron chi connectivity index (χ1n) is 9.13. The molecule has 1 aromatic rings. The molecule has 27 heavy (non-hydrogen) atoms. The van der Waals surface area contributed by atoms with Crippen molar-refractivity contribution in [3.05, 3.63) is 34.9 Å². The van der Waals surface area contributed by atoms with Gasteiger partial charge in [-0.1, -0.05) is 19.9 Å². The third-order valence-corrected chi connectivity index (χ3v) is 5.68. The van der Waals surface area contributed by atoms with Gasteiger partial charge < -0.3 is 9.80 Å². The summed E-state index contributed by atoms with van der Waals surface area (Å²) in [6, 6.07) is 1.53. The zero-order valence-electron chi connectivity index (χ0n) is 15.6. The van der Waals surface area contributed by atoms with E-state index in [1.54, 1.807) is 11.0 Å². The lowest BCUT2D eigenvalue weighted by Crippen LogP contribution is -2.63. The first kappa shape index (κ1) is 17.7. The van der Waals surface area contributed by atoms with Crippen LogP contribution in [-0.4, -0.2) is 45.7 Å². The van der Waals surface area contributed by atoms with E-state index in [2.05, 4.69) is 11.1 Å². The van der Waals surface area contributed by atoms with Crippen molar-refractivity contribution in [3.63, 3.8) is 0 Å². The number of hydrogen-bond acceptors (Lipinski definition) is 4. The molecule has 1 aliphatic carbocycles. The topological polar surface area (TPSA) is 77.3 Å². The van der Waals surface area contributed by atoms with E-state index in [1.807, 2.05) is 20.8 Å². The number of halogens is 1. The largest absolute Gasteiger partial charge is 0.338 e. The van der Waals surface area contributed by atoms with E-state index in [-0.39, 0.29) is 24.3 Å². The van der Waals surface area contributed by atoms with Crippen LogP contribution in [0.1, 0.15) is 37.6 Å². The Kier molecular flexibility index (Phi) is 3.84. The highest BCUT2D eigenvalue weighted by Gasteiger charge is 2.47. The molecule has 4 rings (SSSR count). The highest BCUT2D eigenvalue weighted by Crippen LogP contribution is 2.39. The highest BCUT2D eigenvalue weighted by molar-refractivity contribution is 6.23. The molecule has 0 saturated carbocycles. The minimum atomic E-state index is -0.689. The average Bonchev–Trinajstić information content (AvgIpc) is 3.03. The van der Waals surface area contributed by atoms with Gasteiger partial charge in [-0.15, -0.1) is 0 Å². The molecule has 1 aromatic heterocycles. The normalized spacial score (nSPS) is 20.7. The Bertz CT molecular complexity index is 925. The molecule has 7 heteroatoms. The molecule has 6 nitrogen and oxygen atoms in total. The number of hydrogen-bond donors (Lipinski definition) is 0. The zero-order chi connectivity index (χ0) is 19.5. The fourth-order valence-electron chi connectivity index (χ4n) is 4.30. The summed E-state index contributed by atoms with van der Waals surface area (Å²) < 4.78 is 14.4. The van der Waals surface area contributed by atoms with Gasteiger partial charge in [0.15, 0.2) is 0 Å². The van der Waals surface area contributed by atoms with Gasteiger partial charge in [0, 0.05) is 36.2 Å². The number of pyridine rings is 1. The van der Waals surface area contributed by atoms with Gasteiger partial charge >= 0.3 is 0 Å². The van der Waals surface area contributed by atoms with Crippen molar-refractivity contribution in [2.75, 3.05) is 13.1 Å². The number of amides is 2. The van der Waals surface area contributed by atoms with E-state index in [1.165, 1.54) is 11.1 Å². The van der Waals surface area contributed by atoms with Crippen LogP contribution >= 0.6 is 0 Å². The van der Waals surface area contributed by atoms with Crippen LogP contribution in [0.25, 0.3) is 5.57 Å². The maximum Gasteiger partial charge on any atom is 0.255 e. The van der Waals surface area contributed by atoms with Crippen molar-refractivity contribution in [1.82, 2.24) is 14.8 Å². The SMILES string of the molecule is CC(C)[C@H](C(=O)N1CC(C)(C#N)C1)N1Cc2c(F)cnc3c2C(=CC3)C1=O. The molecule has 0 unspecified atom stereocenters. The molecule has 2 aliphatic heterocycles. The molecule has 3 heterocycles. The number of nitriles is 1. The Hall–Kier alpha value is -2.75. The number of rotatable bonds is 3. The first-order valence-corrected chi connectivity index (χ1v) is 9.13. The summed E-state index contributed by atoms with van der Waals surface area (Å²) in [6.07, 6.45) is 3.47. The Labute approximate surface area is 157 Å². The molecule has 1 saturated heterocycles. The summed E-state index contributed by atoms with van der Waals surface area (Å²) in [4.78, 5) is 33.4. The van der Waals surface area contributed by atoms with Crippen molar-refractivity contribution >= 4 is 17.4 Å². The Morgan fingerprint density at radius 3 is 2.74 bits per heavy atom. The minimum absolute atomic E-state index is 0.0603. The molecule has 0 N–H and O–H groups in total. The third-order valence-electron chi connectivity index (χ3n) is 5.68. The van der Waals surface area contributed by atoms with E-state index in [4.69, 9.17) is 0 Å². The van der Waals surface area contributed by atoms with Crippen molar-refractivity contribution in [3.8, 4) is 6.07 Å². The van der Waals surface area contributed by atoms with E-state index in [0.29, 0.717) is 41.9 Å². The minimum Gasteiger partial charge on any atom is -0.338 e. The second-order valence-corrected chi connectivity index (χ2v) is 8.22. The fourth-order valence-corrected chi connectivity index (χ4v) is 4.30. The number of likely N-dealkylation sites (tertiary alicyclic amines) is 1. The lowest BCUT2D eigenvalue weighted by atomic mass is 9.82. The molecule has 0 bridgehead atoms. The number of carbonyl (C=O) groups excluding carboxylic acids is 2. The van der Waals surface area contributed by atoms with Crippen molar-refractivity contribution in [1.29, 1.82) is 5.26 Å². The monoisotopic (exact) mass is 368 g/mol. The van der Waals surface area contributed by atoms with Crippen LogP contribution in [0, 0.1) is 28.5 Å². The lowest BCUT2D eigenvalue weighted by Gasteiger charge is -2.47. The Morgan fingerprint density at radius 2 is 2.11 bits per heavy atom. The Morgan fingerprint density at radius 1 is 1.41 bits per heavy atom. The summed E-state index contributed by atoms with van der Waals surface area (Å²) >= 11 is 0. The zero-order valence-corrected chi connectivity index (χ0v) is 15.6. The van der Waals surface area contributed by atoms with Gasteiger partial charge in [-0.3, -0.25) is 14.6 Å². The van der Waals surface area contributed by atoms with Crippen LogP contribution in [0.4, 0.5) is 4.39 Å². The van der Waals surface area contributed by atoms with E-state index >= 15 is 0 Å². The fraction of sp³-hybridized carbons (Fsp3) is 0.500. The standard InChI is InChI=1S/C20H21FN4O2/c1-11(2)17(19(27)24-9-20(3,8-22)10-24)25-7-13-14(21)6-23-15-5-4-12(16(13)15)18(25)26/h4,6,11,17H,5,7,9-10H2,1-3H3/t17-/m1/s1. The van der Waals surface area contributed by atoms with Crippen LogP contribution in [0.15, 0.2) is 12.3 Å². The molecule has 2 amide bonds. The second-order valence-electron chi connectivity index (χ2n) is 8.22. The van der Waals surface area contributed by atoms with Crippen molar-refractivity contribution in [2.45, 2.75) is 39.8 Å². The van der Waals surface area contributed by atoms with Crippen LogP contribution in [-0.2, 0) is 22.6 Å². The van der Waals surface area contributed by atoms with Crippen molar-refractivity contribution < 1.29 is 14.0 Å². The number of nitrogens with zero attached hydrogens (tertiary/aromatic N) is 4. The molecule has 0 spiro atoms. The summed E-state index contributed by atoms with van der Waals surface area (Å²) in [7, 11) is 0. The first-order chi connectivity index (χ1) is 12.8. The van der Waals surface area contributed by atoms with Gasteiger partial charge in [0.1, 0.15) is 11.9 Å². The van der Waals surface area contributed by atoms with Gasteiger partial charge in [0.25, 0.3) is 5.91 Å². The van der Waals surface area contributed by atoms with Gasteiger partial charge in [0.05, 0.1) is 29.9 Å². The number of aromatic nitrogens is 1. The third kappa shape index (κ3) is 2.54. The lowest BCUT2D eigenvalue weighted by molar-refractivity contribution is -0.152. The summed E-state index contributed by atoms with van der Waals surface area (Å²) in [5.74, 6) is -1.01. The summed E-state index contributed by atoms with van der Waals surface area (Å²) in [6.45, 7) is 6.35. The summed E-state index contributed by atoms with van der Waals surface area (Å²) in [5.41, 5.74) is 1.67. The van der Waals surface area contributed by atoms with E-state index in [0.717, 1.165) is 0 Å². The highest BCUT2D eigenvalue weighted by atomic mass is 19.1. The molecule has 1 fully saturated rings. The van der Waals surface area contributed by atoms with Gasteiger partial charge in [0.2, 0.25) is 5.91 Å². The van der Waals surface area contributed by atoms with Gasteiger partial charge in [-0.25, -0.2) is 4.39 Å². The van der Waals surface area contributed by atoms with Crippen LogP contribution in [0.5, 0.6) is 0 Å². The molecule has 3 aliphatic rings. The Balaban J connectivity index is 1.67. The van der Waals surface area contributed by atoms with E-state index in [9.17, 15) is 19.2 Å². The van der Waals surface area contributed by atoms with Crippen LogP contribution in [0.2, 0.25) is 0 Å². The second kappa shape index (κ2) is 5.88. The number of allylic oxidation sites excluding steroid dienone is 1. The predicted octanol–water partition coefficient (Wildman–Crippen LogP) is 1.90. The smallest absolute Gasteiger partial charge is 0.255 e. The van der Waals surface area contributed by atoms with Crippen molar-refractivity contribution in [2.24, 2.45) is 11.3 Å². The quantitative estimate of drug-likeness (QED) is 0.816.